The van der Waals surface area contributed by atoms with Gasteiger partial charge in [0.2, 0.25) is 5.91 Å². The largest absolute Gasteiger partial charge is 0.467 e. The fraction of sp³-hybridized carbons (Fsp3) is 0.292. The van der Waals surface area contributed by atoms with Crippen molar-refractivity contribution >= 4 is 5.91 Å². The summed E-state index contributed by atoms with van der Waals surface area (Å²) in [6, 6.07) is 16.4. The molecule has 7 heteroatoms. The number of carbonyl (C=O) groups excluding carboxylic acids is 1. The highest BCUT2D eigenvalue weighted by Crippen LogP contribution is 2.30. The Labute approximate surface area is 180 Å². The van der Waals surface area contributed by atoms with Crippen LogP contribution in [0.5, 0.6) is 0 Å². The van der Waals surface area contributed by atoms with Crippen LogP contribution in [-0.4, -0.2) is 48.4 Å². The van der Waals surface area contributed by atoms with Gasteiger partial charge in [-0.1, -0.05) is 24.3 Å². The van der Waals surface area contributed by atoms with Crippen molar-refractivity contribution in [3.05, 3.63) is 95.4 Å². The zero-order valence-electron chi connectivity index (χ0n) is 17.1. The third-order valence-corrected chi connectivity index (χ3v) is 5.55. The molecule has 1 fully saturated rings. The minimum atomic E-state index is -0.285. The molecular formula is C24H25F2N3O2. The Hall–Kier alpha value is -3.03. The molecule has 4 rings (SSSR count). The first-order chi connectivity index (χ1) is 15.1. The van der Waals surface area contributed by atoms with Crippen LogP contribution in [0.15, 0.2) is 71.3 Å². The lowest BCUT2D eigenvalue weighted by Crippen LogP contribution is -2.50. The SMILES string of the molecule is O=C(CN1CCN(C(c2ccc(F)cc2)c2ccc(F)cc2)CC1)NCc1ccco1. The quantitative estimate of drug-likeness (QED) is 0.629. The van der Waals surface area contributed by atoms with Crippen LogP contribution < -0.4 is 5.32 Å². The normalized spacial score (nSPS) is 15.3. The predicted octanol–water partition coefficient (Wildman–Crippen LogP) is 3.58. The van der Waals surface area contributed by atoms with Gasteiger partial charge in [-0.25, -0.2) is 8.78 Å². The molecule has 1 saturated heterocycles. The summed E-state index contributed by atoms with van der Waals surface area (Å²) in [5.41, 5.74) is 1.91. The summed E-state index contributed by atoms with van der Waals surface area (Å²) in [5.74, 6) is 0.108. The highest BCUT2D eigenvalue weighted by Gasteiger charge is 2.27. The van der Waals surface area contributed by atoms with Crippen LogP contribution in [0.25, 0.3) is 0 Å². The summed E-state index contributed by atoms with van der Waals surface area (Å²) in [5, 5.41) is 2.87. The number of carbonyl (C=O) groups is 1. The van der Waals surface area contributed by atoms with Crippen molar-refractivity contribution in [3.63, 3.8) is 0 Å². The van der Waals surface area contributed by atoms with E-state index in [9.17, 15) is 13.6 Å². The molecule has 0 radical (unpaired) electrons. The second kappa shape index (κ2) is 9.85. The molecule has 5 nitrogen and oxygen atoms in total. The van der Waals surface area contributed by atoms with Crippen LogP contribution in [-0.2, 0) is 11.3 Å². The summed E-state index contributed by atoms with van der Waals surface area (Å²) in [7, 11) is 0. The lowest BCUT2D eigenvalue weighted by molar-refractivity contribution is -0.123. The number of hydrogen-bond donors (Lipinski definition) is 1. The fourth-order valence-corrected chi connectivity index (χ4v) is 3.94. The Morgan fingerprint density at radius 3 is 2.00 bits per heavy atom. The van der Waals surface area contributed by atoms with Crippen molar-refractivity contribution in [1.29, 1.82) is 0 Å². The van der Waals surface area contributed by atoms with E-state index in [1.165, 1.54) is 24.3 Å². The van der Waals surface area contributed by atoms with Gasteiger partial charge in [-0.05, 0) is 47.5 Å². The number of nitrogens with zero attached hydrogens (tertiary/aromatic N) is 2. The van der Waals surface area contributed by atoms with Crippen LogP contribution >= 0.6 is 0 Å². The molecule has 162 valence electrons. The first-order valence-corrected chi connectivity index (χ1v) is 10.3. The average Bonchev–Trinajstić information content (AvgIpc) is 3.30. The van der Waals surface area contributed by atoms with Gasteiger partial charge in [0, 0.05) is 26.2 Å². The van der Waals surface area contributed by atoms with E-state index in [1.807, 2.05) is 6.07 Å². The lowest BCUT2D eigenvalue weighted by atomic mass is 9.96. The first-order valence-electron chi connectivity index (χ1n) is 10.3. The Bertz CT molecular complexity index is 922. The molecule has 0 saturated carbocycles. The molecule has 0 bridgehead atoms. The van der Waals surface area contributed by atoms with Crippen molar-refractivity contribution < 1.29 is 18.0 Å². The zero-order valence-corrected chi connectivity index (χ0v) is 17.1. The summed E-state index contributed by atoms with van der Waals surface area (Å²) in [4.78, 5) is 16.7. The fourth-order valence-electron chi connectivity index (χ4n) is 3.94. The molecule has 1 amide bonds. The first kappa shape index (κ1) is 21.2. The third-order valence-electron chi connectivity index (χ3n) is 5.55. The molecule has 1 N–H and O–H groups in total. The van der Waals surface area contributed by atoms with E-state index in [0.717, 1.165) is 43.1 Å². The topological polar surface area (TPSA) is 48.7 Å². The highest BCUT2D eigenvalue weighted by molar-refractivity contribution is 5.77. The maximum atomic E-state index is 13.5. The van der Waals surface area contributed by atoms with Crippen LogP contribution in [0.4, 0.5) is 8.78 Å². The van der Waals surface area contributed by atoms with Crippen molar-refractivity contribution in [2.45, 2.75) is 12.6 Å². The second-order valence-corrected chi connectivity index (χ2v) is 7.67. The number of rotatable bonds is 7. The predicted molar refractivity (Wildman–Crippen MR) is 113 cm³/mol. The van der Waals surface area contributed by atoms with Gasteiger partial charge < -0.3 is 9.73 Å². The van der Waals surface area contributed by atoms with Gasteiger partial charge in [0.25, 0.3) is 0 Å². The van der Waals surface area contributed by atoms with Crippen molar-refractivity contribution in [1.82, 2.24) is 15.1 Å². The van der Waals surface area contributed by atoms with E-state index in [4.69, 9.17) is 4.42 Å². The summed E-state index contributed by atoms with van der Waals surface area (Å²) in [6.07, 6.45) is 1.58. The van der Waals surface area contributed by atoms with Gasteiger partial charge in [-0.2, -0.15) is 0 Å². The Morgan fingerprint density at radius 2 is 1.48 bits per heavy atom. The molecule has 1 aliphatic heterocycles. The molecule has 0 aliphatic carbocycles. The number of piperazine rings is 1. The monoisotopic (exact) mass is 425 g/mol. The molecule has 0 spiro atoms. The molecule has 0 unspecified atom stereocenters. The molecule has 0 atom stereocenters. The van der Waals surface area contributed by atoms with Gasteiger partial charge in [-0.3, -0.25) is 14.6 Å². The van der Waals surface area contributed by atoms with Gasteiger partial charge >= 0.3 is 0 Å². The maximum absolute atomic E-state index is 13.5. The number of furan rings is 1. The lowest BCUT2D eigenvalue weighted by Gasteiger charge is -2.39. The van der Waals surface area contributed by atoms with Crippen molar-refractivity contribution in [3.8, 4) is 0 Å². The summed E-state index contributed by atoms with van der Waals surface area (Å²) in [6.45, 7) is 3.64. The minimum absolute atomic E-state index is 0.0431. The Kier molecular flexibility index (Phi) is 6.74. The van der Waals surface area contributed by atoms with Crippen molar-refractivity contribution in [2.24, 2.45) is 0 Å². The zero-order chi connectivity index (χ0) is 21.6. The van der Waals surface area contributed by atoms with E-state index in [0.29, 0.717) is 13.1 Å². The summed E-state index contributed by atoms with van der Waals surface area (Å²) < 4.78 is 32.2. The van der Waals surface area contributed by atoms with E-state index in [2.05, 4.69) is 15.1 Å². The molecule has 1 aliphatic rings. The van der Waals surface area contributed by atoms with E-state index < -0.39 is 0 Å². The number of hydrogen-bond acceptors (Lipinski definition) is 4. The molecule has 2 heterocycles. The summed E-state index contributed by atoms with van der Waals surface area (Å²) >= 11 is 0. The molecule has 2 aromatic carbocycles. The number of halogens is 2. The van der Waals surface area contributed by atoms with E-state index in [1.54, 1.807) is 36.6 Å². The maximum Gasteiger partial charge on any atom is 0.234 e. The second-order valence-electron chi connectivity index (χ2n) is 7.67. The van der Waals surface area contributed by atoms with Gasteiger partial charge in [0.1, 0.15) is 17.4 Å². The van der Waals surface area contributed by atoms with Crippen LogP contribution in [0, 0.1) is 11.6 Å². The van der Waals surface area contributed by atoms with Gasteiger partial charge in [0.15, 0.2) is 0 Å². The highest BCUT2D eigenvalue weighted by atomic mass is 19.1. The molecule has 31 heavy (non-hydrogen) atoms. The molecular weight excluding hydrogens is 400 g/mol. The molecule has 3 aromatic rings. The Balaban J connectivity index is 1.38. The van der Waals surface area contributed by atoms with Crippen molar-refractivity contribution in [2.75, 3.05) is 32.7 Å². The number of amides is 1. The molecule has 1 aromatic heterocycles. The van der Waals surface area contributed by atoms with Crippen LogP contribution in [0.1, 0.15) is 22.9 Å². The Morgan fingerprint density at radius 1 is 0.903 bits per heavy atom. The van der Waals surface area contributed by atoms with E-state index >= 15 is 0 Å². The van der Waals surface area contributed by atoms with Crippen LogP contribution in [0.2, 0.25) is 0 Å². The standard InChI is InChI=1S/C24H25F2N3O2/c25-20-7-3-18(4-8-20)24(19-5-9-21(26)10-6-19)29-13-11-28(12-14-29)17-23(30)27-16-22-2-1-15-31-22/h1-10,15,24H,11-14,16-17H2,(H,27,30). The third kappa shape index (κ3) is 5.57. The van der Waals surface area contributed by atoms with E-state index in [-0.39, 0.29) is 23.6 Å². The number of nitrogens with one attached hydrogen (secondary N) is 1. The minimum Gasteiger partial charge on any atom is -0.467 e. The van der Waals surface area contributed by atoms with Gasteiger partial charge in [0.05, 0.1) is 25.4 Å². The van der Waals surface area contributed by atoms with Gasteiger partial charge in [-0.15, -0.1) is 0 Å². The smallest absolute Gasteiger partial charge is 0.234 e. The average molecular weight is 425 g/mol. The number of benzene rings is 2. The van der Waals surface area contributed by atoms with Crippen LogP contribution in [0.3, 0.4) is 0 Å².